The first-order valence-corrected chi connectivity index (χ1v) is 5.01. The molecule has 4 nitrogen and oxygen atoms in total. The standard InChI is InChI=1S/C12H12N2O2/c1-8(12(15)16-2)9-5-7-14-11-10(9)4-3-6-13-11/h3-8H,1-2H3. The Morgan fingerprint density at radius 2 is 2.06 bits per heavy atom. The van der Waals surface area contributed by atoms with Gasteiger partial charge in [-0.2, -0.15) is 0 Å². The minimum Gasteiger partial charge on any atom is -0.469 e. The highest BCUT2D eigenvalue weighted by Gasteiger charge is 2.18. The second-order valence-corrected chi connectivity index (χ2v) is 3.52. The number of pyridine rings is 2. The van der Waals surface area contributed by atoms with Gasteiger partial charge in [-0.05, 0) is 30.7 Å². The number of esters is 1. The molecule has 2 aromatic heterocycles. The zero-order chi connectivity index (χ0) is 11.5. The van der Waals surface area contributed by atoms with Crippen molar-refractivity contribution in [3.8, 4) is 0 Å². The Hall–Kier alpha value is -1.97. The molecular weight excluding hydrogens is 204 g/mol. The van der Waals surface area contributed by atoms with Gasteiger partial charge in [0.25, 0.3) is 0 Å². The Labute approximate surface area is 93.3 Å². The molecule has 0 bridgehead atoms. The van der Waals surface area contributed by atoms with Gasteiger partial charge < -0.3 is 4.74 Å². The molecule has 0 aliphatic heterocycles. The molecule has 0 saturated carbocycles. The van der Waals surface area contributed by atoms with Gasteiger partial charge in [0.2, 0.25) is 0 Å². The van der Waals surface area contributed by atoms with Crippen molar-refractivity contribution in [3.63, 3.8) is 0 Å². The van der Waals surface area contributed by atoms with E-state index in [1.54, 1.807) is 12.4 Å². The van der Waals surface area contributed by atoms with Crippen LogP contribution < -0.4 is 0 Å². The van der Waals surface area contributed by atoms with Crippen molar-refractivity contribution in [3.05, 3.63) is 36.2 Å². The summed E-state index contributed by atoms with van der Waals surface area (Å²) in [5, 5.41) is 0.892. The molecule has 0 aromatic carbocycles. The summed E-state index contributed by atoms with van der Waals surface area (Å²) in [6.07, 6.45) is 3.34. The molecule has 0 aliphatic carbocycles. The lowest BCUT2D eigenvalue weighted by atomic mass is 9.99. The van der Waals surface area contributed by atoms with Crippen LogP contribution in [0.3, 0.4) is 0 Å². The number of aromatic nitrogens is 2. The fraction of sp³-hybridized carbons (Fsp3) is 0.250. The van der Waals surface area contributed by atoms with Gasteiger partial charge in [0.1, 0.15) is 0 Å². The normalized spacial score (nSPS) is 12.4. The topological polar surface area (TPSA) is 52.1 Å². The van der Waals surface area contributed by atoms with Gasteiger partial charge in [-0.3, -0.25) is 4.79 Å². The van der Waals surface area contributed by atoms with Crippen molar-refractivity contribution in [1.29, 1.82) is 0 Å². The van der Waals surface area contributed by atoms with Crippen LogP contribution in [0.1, 0.15) is 18.4 Å². The number of ether oxygens (including phenoxy) is 1. The summed E-state index contributed by atoms with van der Waals surface area (Å²) in [7, 11) is 1.39. The summed E-state index contributed by atoms with van der Waals surface area (Å²) in [4.78, 5) is 19.8. The Kier molecular flexibility index (Phi) is 2.81. The molecule has 0 aliphatic rings. The lowest BCUT2D eigenvalue weighted by Gasteiger charge is -2.11. The van der Waals surface area contributed by atoms with E-state index in [2.05, 4.69) is 9.97 Å². The summed E-state index contributed by atoms with van der Waals surface area (Å²) < 4.78 is 4.74. The maximum atomic E-state index is 11.5. The predicted molar refractivity (Wildman–Crippen MR) is 60.0 cm³/mol. The van der Waals surface area contributed by atoms with Crippen molar-refractivity contribution in [1.82, 2.24) is 9.97 Å². The van der Waals surface area contributed by atoms with Crippen LogP contribution in [-0.2, 0) is 9.53 Å². The van der Waals surface area contributed by atoms with Crippen molar-refractivity contribution >= 4 is 17.0 Å². The van der Waals surface area contributed by atoms with Crippen LogP contribution in [0.15, 0.2) is 30.6 Å². The minimum atomic E-state index is -0.306. The molecule has 2 rings (SSSR count). The number of hydrogen-bond acceptors (Lipinski definition) is 4. The third-order valence-corrected chi connectivity index (χ3v) is 2.57. The Bertz CT molecular complexity index is 520. The number of fused-ring (bicyclic) bond motifs is 1. The fourth-order valence-electron chi connectivity index (χ4n) is 1.68. The Balaban J connectivity index is 2.56. The molecule has 4 heteroatoms. The Morgan fingerprint density at radius 1 is 1.31 bits per heavy atom. The van der Waals surface area contributed by atoms with Crippen LogP contribution >= 0.6 is 0 Å². The van der Waals surface area contributed by atoms with Crippen molar-refractivity contribution in [2.45, 2.75) is 12.8 Å². The Morgan fingerprint density at radius 3 is 2.81 bits per heavy atom. The van der Waals surface area contributed by atoms with Gasteiger partial charge in [0.05, 0.1) is 13.0 Å². The maximum absolute atomic E-state index is 11.5. The second kappa shape index (κ2) is 4.26. The molecule has 0 amide bonds. The van der Waals surface area contributed by atoms with E-state index in [9.17, 15) is 4.79 Å². The van der Waals surface area contributed by atoms with E-state index in [0.717, 1.165) is 10.9 Å². The van der Waals surface area contributed by atoms with Crippen molar-refractivity contribution < 1.29 is 9.53 Å². The fourth-order valence-corrected chi connectivity index (χ4v) is 1.68. The average Bonchev–Trinajstić information content (AvgIpc) is 2.36. The van der Waals surface area contributed by atoms with Crippen LogP contribution in [0.25, 0.3) is 11.0 Å². The third kappa shape index (κ3) is 1.74. The highest BCUT2D eigenvalue weighted by atomic mass is 16.5. The largest absolute Gasteiger partial charge is 0.469 e. The second-order valence-electron chi connectivity index (χ2n) is 3.52. The molecule has 0 N–H and O–H groups in total. The molecule has 82 valence electrons. The van der Waals surface area contributed by atoms with E-state index >= 15 is 0 Å². The van der Waals surface area contributed by atoms with Crippen molar-refractivity contribution in [2.24, 2.45) is 0 Å². The number of hydrogen-bond donors (Lipinski definition) is 0. The van der Waals surface area contributed by atoms with Crippen LogP contribution in [-0.4, -0.2) is 23.0 Å². The lowest BCUT2D eigenvalue weighted by molar-refractivity contribution is -0.141. The summed E-state index contributed by atoms with van der Waals surface area (Å²) >= 11 is 0. The summed E-state index contributed by atoms with van der Waals surface area (Å²) in [5.41, 5.74) is 1.54. The number of methoxy groups -OCH3 is 1. The van der Waals surface area contributed by atoms with Gasteiger partial charge >= 0.3 is 5.97 Å². The maximum Gasteiger partial charge on any atom is 0.312 e. The van der Waals surface area contributed by atoms with Crippen LogP contribution in [0.2, 0.25) is 0 Å². The molecule has 2 aromatic rings. The highest BCUT2D eigenvalue weighted by Crippen LogP contribution is 2.23. The average molecular weight is 216 g/mol. The van der Waals surface area contributed by atoms with E-state index < -0.39 is 0 Å². The van der Waals surface area contributed by atoms with Gasteiger partial charge in [-0.25, -0.2) is 9.97 Å². The van der Waals surface area contributed by atoms with E-state index in [0.29, 0.717) is 5.65 Å². The first kappa shape index (κ1) is 10.5. The summed E-state index contributed by atoms with van der Waals surface area (Å²) in [6, 6.07) is 5.56. The molecular formula is C12H12N2O2. The molecule has 2 heterocycles. The third-order valence-electron chi connectivity index (χ3n) is 2.57. The van der Waals surface area contributed by atoms with Gasteiger partial charge in [-0.1, -0.05) is 0 Å². The summed E-state index contributed by atoms with van der Waals surface area (Å²) in [5.74, 6) is -0.559. The van der Waals surface area contributed by atoms with E-state index in [1.165, 1.54) is 7.11 Å². The molecule has 0 fully saturated rings. The van der Waals surface area contributed by atoms with Gasteiger partial charge in [-0.15, -0.1) is 0 Å². The van der Waals surface area contributed by atoms with Crippen LogP contribution in [0.5, 0.6) is 0 Å². The monoisotopic (exact) mass is 216 g/mol. The van der Waals surface area contributed by atoms with Gasteiger partial charge in [0, 0.05) is 17.8 Å². The first-order valence-electron chi connectivity index (χ1n) is 5.01. The molecule has 0 radical (unpaired) electrons. The molecule has 1 unspecified atom stereocenters. The number of carbonyl (C=O) groups excluding carboxylic acids is 1. The number of nitrogens with zero attached hydrogens (tertiary/aromatic N) is 2. The summed E-state index contributed by atoms with van der Waals surface area (Å²) in [6.45, 7) is 1.81. The molecule has 0 saturated heterocycles. The number of carbonyl (C=O) groups is 1. The zero-order valence-electron chi connectivity index (χ0n) is 9.18. The quantitative estimate of drug-likeness (QED) is 0.719. The van der Waals surface area contributed by atoms with Crippen LogP contribution in [0, 0.1) is 0 Å². The minimum absolute atomic E-state index is 0.253. The lowest BCUT2D eigenvalue weighted by Crippen LogP contribution is -2.11. The van der Waals surface area contributed by atoms with Crippen LogP contribution in [0.4, 0.5) is 0 Å². The van der Waals surface area contributed by atoms with Gasteiger partial charge in [0.15, 0.2) is 5.65 Å². The first-order chi connectivity index (χ1) is 7.74. The molecule has 1 atom stereocenters. The smallest absolute Gasteiger partial charge is 0.312 e. The van der Waals surface area contributed by atoms with E-state index in [4.69, 9.17) is 4.74 Å². The predicted octanol–water partition coefficient (Wildman–Crippen LogP) is 1.91. The molecule has 0 spiro atoms. The highest BCUT2D eigenvalue weighted by molar-refractivity contribution is 5.86. The molecule has 16 heavy (non-hydrogen) atoms. The zero-order valence-corrected chi connectivity index (χ0v) is 9.18. The van der Waals surface area contributed by atoms with E-state index in [1.807, 2.05) is 25.1 Å². The van der Waals surface area contributed by atoms with Crippen molar-refractivity contribution in [2.75, 3.05) is 7.11 Å². The SMILES string of the molecule is COC(=O)C(C)c1ccnc2ncccc12. The number of rotatable bonds is 2. The van der Waals surface area contributed by atoms with E-state index in [-0.39, 0.29) is 11.9 Å².